The van der Waals surface area contributed by atoms with Crippen LogP contribution in [0.3, 0.4) is 0 Å². The van der Waals surface area contributed by atoms with Gasteiger partial charge in [-0.1, -0.05) is 15.9 Å². The standard InChI is InChI=1S/C12H19BrN4/c1-16(2)11-4-3-5-17(9-11)12-14-7-10(6-13)8-15-12/h7-8,11H,3-6,9H2,1-2H3. The molecule has 1 aromatic rings. The molecule has 1 aromatic heterocycles. The van der Waals surface area contributed by atoms with Gasteiger partial charge in [-0.05, 0) is 32.5 Å². The third-order valence-corrected chi connectivity index (χ3v) is 3.90. The molecule has 1 atom stereocenters. The fourth-order valence-corrected chi connectivity index (χ4v) is 2.43. The lowest BCUT2D eigenvalue weighted by molar-refractivity contribution is 0.257. The van der Waals surface area contributed by atoms with E-state index in [2.05, 4.69) is 49.8 Å². The van der Waals surface area contributed by atoms with Crippen molar-refractivity contribution in [2.75, 3.05) is 32.1 Å². The third kappa shape index (κ3) is 3.16. The van der Waals surface area contributed by atoms with Crippen molar-refractivity contribution in [3.8, 4) is 0 Å². The van der Waals surface area contributed by atoms with E-state index in [4.69, 9.17) is 0 Å². The van der Waals surface area contributed by atoms with Crippen molar-refractivity contribution < 1.29 is 0 Å². The molecule has 94 valence electrons. The van der Waals surface area contributed by atoms with Gasteiger partial charge in [-0.15, -0.1) is 0 Å². The molecule has 0 spiro atoms. The zero-order valence-corrected chi connectivity index (χ0v) is 12.0. The molecule has 1 aliphatic heterocycles. The highest BCUT2D eigenvalue weighted by molar-refractivity contribution is 9.08. The average molecular weight is 299 g/mol. The smallest absolute Gasteiger partial charge is 0.225 e. The number of hydrogen-bond acceptors (Lipinski definition) is 4. The number of aromatic nitrogens is 2. The fraction of sp³-hybridized carbons (Fsp3) is 0.667. The highest BCUT2D eigenvalue weighted by Gasteiger charge is 2.22. The number of nitrogens with zero attached hydrogens (tertiary/aromatic N) is 4. The molecule has 2 rings (SSSR count). The van der Waals surface area contributed by atoms with E-state index in [-0.39, 0.29) is 0 Å². The Kier molecular flexibility index (Phi) is 4.34. The Balaban J connectivity index is 2.05. The Bertz CT molecular complexity index is 352. The predicted molar refractivity (Wildman–Crippen MR) is 73.6 cm³/mol. The zero-order valence-electron chi connectivity index (χ0n) is 10.4. The van der Waals surface area contributed by atoms with Gasteiger partial charge >= 0.3 is 0 Å². The van der Waals surface area contributed by atoms with Crippen LogP contribution in [-0.2, 0) is 5.33 Å². The Labute approximate surface area is 111 Å². The van der Waals surface area contributed by atoms with Gasteiger partial charge in [-0.3, -0.25) is 0 Å². The van der Waals surface area contributed by atoms with Crippen LogP contribution in [0, 0.1) is 0 Å². The first kappa shape index (κ1) is 12.8. The highest BCUT2D eigenvalue weighted by atomic mass is 79.9. The second-order valence-electron chi connectivity index (χ2n) is 4.73. The van der Waals surface area contributed by atoms with Gasteiger partial charge in [0, 0.05) is 36.9 Å². The van der Waals surface area contributed by atoms with E-state index in [1.165, 1.54) is 12.8 Å². The average Bonchev–Trinajstić information content (AvgIpc) is 2.39. The summed E-state index contributed by atoms with van der Waals surface area (Å²) in [4.78, 5) is 13.4. The molecule has 0 aromatic carbocycles. The molecule has 1 aliphatic rings. The second-order valence-corrected chi connectivity index (χ2v) is 5.29. The number of hydrogen-bond donors (Lipinski definition) is 0. The van der Waals surface area contributed by atoms with E-state index in [1.807, 2.05) is 12.4 Å². The molecule has 0 saturated carbocycles. The molecule has 1 saturated heterocycles. The first-order valence-corrected chi connectivity index (χ1v) is 7.11. The monoisotopic (exact) mass is 298 g/mol. The van der Waals surface area contributed by atoms with E-state index < -0.39 is 0 Å². The summed E-state index contributed by atoms with van der Waals surface area (Å²) in [6.45, 7) is 2.10. The van der Waals surface area contributed by atoms with Crippen molar-refractivity contribution in [3.05, 3.63) is 18.0 Å². The summed E-state index contributed by atoms with van der Waals surface area (Å²) in [5, 5.41) is 0.813. The molecular weight excluding hydrogens is 280 g/mol. The van der Waals surface area contributed by atoms with Crippen molar-refractivity contribution in [2.24, 2.45) is 0 Å². The van der Waals surface area contributed by atoms with Crippen LogP contribution in [0.5, 0.6) is 0 Å². The van der Waals surface area contributed by atoms with Gasteiger partial charge in [0.2, 0.25) is 5.95 Å². The van der Waals surface area contributed by atoms with Gasteiger partial charge in [0.15, 0.2) is 0 Å². The minimum Gasteiger partial charge on any atom is -0.339 e. The van der Waals surface area contributed by atoms with E-state index in [0.29, 0.717) is 6.04 Å². The Hall–Kier alpha value is -0.680. The largest absolute Gasteiger partial charge is 0.339 e. The van der Waals surface area contributed by atoms with Crippen molar-refractivity contribution in [1.29, 1.82) is 0 Å². The Morgan fingerprint density at radius 2 is 2.12 bits per heavy atom. The van der Waals surface area contributed by atoms with Crippen LogP contribution in [0.15, 0.2) is 12.4 Å². The molecular formula is C12H19BrN4. The molecule has 4 nitrogen and oxygen atoms in total. The molecule has 17 heavy (non-hydrogen) atoms. The number of likely N-dealkylation sites (N-methyl/N-ethyl adjacent to an activating group) is 1. The predicted octanol–water partition coefficient (Wildman–Crippen LogP) is 1.90. The molecule has 0 N–H and O–H groups in total. The third-order valence-electron chi connectivity index (χ3n) is 3.26. The van der Waals surface area contributed by atoms with Crippen molar-refractivity contribution in [2.45, 2.75) is 24.2 Å². The van der Waals surface area contributed by atoms with E-state index in [9.17, 15) is 0 Å². The number of piperidine rings is 1. The molecule has 0 aliphatic carbocycles. The maximum Gasteiger partial charge on any atom is 0.225 e. The number of halogens is 1. The van der Waals surface area contributed by atoms with Crippen LogP contribution < -0.4 is 4.90 Å². The van der Waals surface area contributed by atoms with Crippen LogP contribution in [0.1, 0.15) is 18.4 Å². The van der Waals surface area contributed by atoms with Crippen molar-refractivity contribution >= 4 is 21.9 Å². The van der Waals surface area contributed by atoms with Crippen LogP contribution in [0.2, 0.25) is 0 Å². The van der Waals surface area contributed by atoms with Crippen LogP contribution in [0.4, 0.5) is 5.95 Å². The van der Waals surface area contributed by atoms with Crippen molar-refractivity contribution in [1.82, 2.24) is 14.9 Å². The summed E-state index contributed by atoms with van der Waals surface area (Å²) in [6, 6.07) is 0.614. The molecule has 0 radical (unpaired) electrons. The summed E-state index contributed by atoms with van der Waals surface area (Å²) < 4.78 is 0. The van der Waals surface area contributed by atoms with Gasteiger partial charge in [-0.25, -0.2) is 9.97 Å². The summed E-state index contributed by atoms with van der Waals surface area (Å²) in [7, 11) is 4.28. The first-order chi connectivity index (χ1) is 8.20. The van der Waals surface area contributed by atoms with Gasteiger partial charge in [0.05, 0.1) is 0 Å². The summed E-state index contributed by atoms with van der Waals surface area (Å²) in [6.07, 6.45) is 6.28. The summed E-state index contributed by atoms with van der Waals surface area (Å²) in [5.74, 6) is 0.862. The van der Waals surface area contributed by atoms with Gasteiger partial charge in [0.25, 0.3) is 0 Å². The Morgan fingerprint density at radius 1 is 1.41 bits per heavy atom. The SMILES string of the molecule is CN(C)C1CCCN(c2ncc(CBr)cn2)C1. The molecule has 1 unspecified atom stereocenters. The van der Waals surface area contributed by atoms with E-state index >= 15 is 0 Å². The maximum absolute atomic E-state index is 4.43. The maximum atomic E-state index is 4.43. The lowest BCUT2D eigenvalue weighted by Crippen LogP contribution is -2.45. The first-order valence-electron chi connectivity index (χ1n) is 5.99. The van der Waals surface area contributed by atoms with Gasteiger partial charge in [0.1, 0.15) is 0 Å². The lowest BCUT2D eigenvalue weighted by Gasteiger charge is -2.36. The molecule has 0 bridgehead atoms. The lowest BCUT2D eigenvalue weighted by atomic mass is 10.1. The highest BCUT2D eigenvalue weighted by Crippen LogP contribution is 2.18. The number of rotatable bonds is 3. The second kappa shape index (κ2) is 5.78. The van der Waals surface area contributed by atoms with Gasteiger partial charge in [-0.2, -0.15) is 0 Å². The molecule has 0 amide bonds. The fourth-order valence-electron chi connectivity index (χ4n) is 2.14. The number of anilines is 1. The van der Waals surface area contributed by atoms with Crippen LogP contribution >= 0.6 is 15.9 Å². The minimum atomic E-state index is 0.614. The number of alkyl halides is 1. The van der Waals surface area contributed by atoms with Crippen LogP contribution in [0.25, 0.3) is 0 Å². The van der Waals surface area contributed by atoms with E-state index in [1.54, 1.807) is 0 Å². The van der Waals surface area contributed by atoms with Crippen LogP contribution in [-0.4, -0.2) is 48.1 Å². The molecule has 5 heteroatoms. The minimum absolute atomic E-state index is 0.614. The summed E-state index contributed by atoms with van der Waals surface area (Å²) >= 11 is 3.41. The van der Waals surface area contributed by atoms with E-state index in [0.717, 1.165) is 29.9 Å². The van der Waals surface area contributed by atoms with Gasteiger partial charge < -0.3 is 9.80 Å². The zero-order chi connectivity index (χ0) is 12.3. The van der Waals surface area contributed by atoms with Crippen molar-refractivity contribution in [3.63, 3.8) is 0 Å². The normalized spacial score (nSPS) is 20.9. The topological polar surface area (TPSA) is 32.3 Å². The quantitative estimate of drug-likeness (QED) is 0.798. The molecule has 1 fully saturated rings. The molecule has 2 heterocycles. The summed E-state index contributed by atoms with van der Waals surface area (Å²) in [5.41, 5.74) is 1.12. The Morgan fingerprint density at radius 3 is 2.71 bits per heavy atom.